The molecule has 1 heterocycles. The van der Waals surface area contributed by atoms with Gasteiger partial charge in [0.2, 0.25) is 0 Å². The fourth-order valence-corrected chi connectivity index (χ4v) is 4.90. The molecule has 2 fully saturated rings. The smallest absolute Gasteiger partial charge is 0.414 e. The Morgan fingerprint density at radius 2 is 1.44 bits per heavy atom. The fraction of sp³-hybridized carbons (Fsp3) is 0.481. The highest BCUT2D eigenvalue weighted by molar-refractivity contribution is 6.27. The second kappa shape index (κ2) is 13.1. The second-order valence-corrected chi connectivity index (χ2v) is 8.92. The summed E-state index contributed by atoms with van der Waals surface area (Å²) in [6.45, 7) is 8.63. The Labute approximate surface area is 202 Å². The fourth-order valence-electron chi connectivity index (χ4n) is 4.90. The summed E-state index contributed by atoms with van der Waals surface area (Å²) < 4.78 is 5.55. The molecule has 2 aliphatic rings. The standard InChI is InChI=1S/C25H34N2O.C2H2O4/c1-2-28-25-14-8-21(9-15-25)20-26-16-18-27(19-17-26)24-12-10-23(11-13-24)22-6-4-3-5-7-22;3-1(4)2(5)6/h3-9,14-15,23-24H,2,10-13,16-20H2,1H3;(H,3,4)(H,5,6). The molecule has 1 saturated carbocycles. The van der Waals surface area contributed by atoms with Crippen molar-refractivity contribution >= 4 is 11.9 Å². The van der Waals surface area contributed by atoms with Crippen molar-refractivity contribution < 1.29 is 24.5 Å². The van der Waals surface area contributed by atoms with E-state index in [9.17, 15) is 0 Å². The molecule has 184 valence electrons. The third-order valence-corrected chi connectivity index (χ3v) is 6.71. The lowest BCUT2D eigenvalue weighted by Gasteiger charge is -2.42. The van der Waals surface area contributed by atoms with Crippen LogP contribution in [0.1, 0.15) is 49.7 Å². The number of nitrogens with zero attached hydrogens (tertiary/aromatic N) is 2. The molecule has 0 spiro atoms. The van der Waals surface area contributed by atoms with E-state index < -0.39 is 11.9 Å². The molecule has 2 N–H and O–H groups in total. The average molecular weight is 469 g/mol. The van der Waals surface area contributed by atoms with Crippen molar-refractivity contribution in [2.24, 2.45) is 0 Å². The van der Waals surface area contributed by atoms with E-state index in [1.54, 1.807) is 5.56 Å². The molecule has 1 aliphatic carbocycles. The number of carboxylic acid groups (broad SMARTS) is 2. The molecular formula is C27H36N2O5. The average Bonchev–Trinajstić information content (AvgIpc) is 2.87. The molecule has 2 aromatic rings. The van der Waals surface area contributed by atoms with E-state index in [1.807, 2.05) is 6.92 Å². The first kappa shape index (κ1) is 25.7. The molecular weight excluding hydrogens is 432 g/mol. The van der Waals surface area contributed by atoms with Gasteiger partial charge in [0.15, 0.2) is 0 Å². The van der Waals surface area contributed by atoms with Gasteiger partial charge in [-0.15, -0.1) is 0 Å². The minimum Gasteiger partial charge on any atom is -0.494 e. The van der Waals surface area contributed by atoms with Gasteiger partial charge in [0.25, 0.3) is 0 Å². The summed E-state index contributed by atoms with van der Waals surface area (Å²) >= 11 is 0. The molecule has 1 saturated heterocycles. The monoisotopic (exact) mass is 468 g/mol. The molecule has 7 heteroatoms. The predicted octanol–water partition coefficient (Wildman–Crippen LogP) is 4.08. The number of benzene rings is 2. The van der Waals surface area contributed by atoms with Gasteiger partial charge in [0.1, 0.15) is 5.75 Å². The maximum Gasteiger partial charge on any atom is 0.414 e. The molecule has 0 aromatic heterocycles. The van der Waals surface area contributed by atoms with Gasteiger partial charge in [-0.3, -0.25) is 9.80 Å². The third kappa shape index (κ3) is 7.85. The van der Waals surface area contributed by atoms with Crippen LogP contribution in [0.15, 0.2) is 54.6 Å². The summed E-state index contributed by atoms with van der Waals surface area (Å²) in [4.78, 5) is 23.6. The summed E-state index contributed by atoms with van der Waals surface area (Å²) in [6.07, 6.45) is 5.42. The highest BCUT2D eigenvalue weighted by atomic mass is 16.5. The summed E-state index contributed by atoms with van der Waals surface area (Å²) in [5.41, 5.74) is 2.93. The number of carbonyl (C=O) groups is 2. The Morgan fingerprint density at radius 1 is 0.853 bits per heavy atom. The van der Waals surface area contributed by atoms with Crippen LogP contribution in [0.3, 0.4) is 0 Å². The minimum atomic E-state index is -1.82. The number of hydrogen-bond acceptors (Lipinski definition) is 5. The number of carboxylic acids is 2. The van der Waals surface area contributed by atoms with Gasteiger partial charge < -0.3 is 14.9 Å². The lowest BCUT2D eigenvalue weighted by Crippen LogP contribution is -2.50. The normalized spacial score (nSPS) is 21.2. The van der Waals surface area contributed by atoms with Gasteiger partial charge in [-0.05, 0) is 61.8 Å². The largest absolute Gasteiger partial charge is 0.494 e. The van der Waals surface area contributed by atoms with Crippen LogP contribution in [0.25, 0.3) is 0 Å². The first-order valence-corrected chi connectivity index (χ1v) is 12.2. The van der Waals surface area contributed by atoms with Crippen LogP contribution in [0.5, 0.6) is 5.75 Å². The Kier molecular flexibility index (Phi) is 9.91. The van der Waals surface area contributed by atoms with Gasteiger partial charge in [0, 0.05) is 38.8 Å². The SMILES string of the molecule is CCOc1ccc(CN2CCN(C3CCC(c4ccccc4)CC3)CC2)cc1.O=C(O)C(=O)O. The zero-order valence-electron chi connectivity index (χ0n) is 19.9. The topological polar surface area (TPSA) is 90.3 Å². The van der Waals surface area contributed by atoms with E-state index in [0.29, 0.717) is 0 Å². The molecule has 0 bridgehead atoms. The van der Waals surface area contributed by atoms with Crippen molar-refractivity contribution in [3.8, 4) is 5.75 Å². The van der Waals surface area contributed by atoms with Crippen molar-refractivity contribution in [1.29, 1.82) is 0 Å². The van der Waals surface area contributed by atoms with Crippen molar-refractivity contribution in [3.05, 3.63) is 65.7 Å². The molecule has 0 radical (unpaired) electrons. The van der Waals surface area contributed by atoms with Crippen LogP contribution in [-0.2, 0) is 16.1 Å². The van der Waals surface area contributed by atoms with E-state index in [2.05, 4.69) is 64.4 Å². The van der Waals surface area contributed by atoms with E-state index in [4.69, 9.17) is 24.5 Å². The summed E-state index contributed by atoms with van der Waals surface area (Å²) in [6, 6.07) is 20.5. The van der Waals surface area contributed by atoms with Crippen molar-refractivity contribution in [3.63, 3.8) is 0 Å². The van der Waals surface area contributed by atoms with E-state index in [-0.39, 0.29) is 0 Å². The zero-order chi connectivity index (χ0) is 24.3. The molecule has 2 aromatic carbocycles. The highest BCUT2D eigenvalue weighted by Crippen LogP contribution is 2.35. The second-order valence-electron chi connectivity index (χ2n) is 8.92. The predicted molar refractivity (Wildman–Crippen MR) is 131 cm³/mol. The summed E-state index contributed by atoms with van der Waals surface area (Å²) in [7, 11) is 0. The Morgan fingerprint density at radius 3 is 1.97 bits per heavy atom. The minimum absolute atomic E-state index is 0.731. The van der Waals surface area contributed by atoms with Gasteiger partial charge in [-0.25, -0.2) is 9.59 Å². The number of rotatable bonds is 6. The molecule has 34 heavy (non-hydrogen) atoms. The van der Waals surface area contributed by atoms with Gasteiger partial charge in [0.05, 0.1) is 6.61 Å². The Hall–Kier alpha value is -2.90. The molecule has 0 unspecified atom stereocenters. The summed E-state index contributed by atoms with van der Waals surface area (Å²) in [5, 5.41) is 14.8. The van der Waals surface area contributed by atoms with E-state index >= 15 is 0 Å². The lowest BCUT2D eigenvalue weighted by molar-refractivity contribution is -0.159. The molecule has 7 nitrogen and oxygen atoms in total. The number of hydrogen-bond donors (Lipinski definition) is 2. The third-order valence-electron chi connectivity index (χ3n) is 6.71. The van der Waals surface area contributed by atoms with Crippen LogP contribution < -0.4 is 4.74 Å². The number of aliphatic carboxylic acids is 2. The zero-order valence-corrected chi connectivity index (χ0v) is 19.9. The molecule has 0 atom stereocenters. The number of piperazine rings is 1. The first-order valence-electron chi connectivity index (χ1n) is 12.2. The molecule has 4 rings (SSSR count). The first-order chi connectivity index (χ1) is 16.5. The van der Waals surface area contributed by atoms with Crippen LogP contribution in [-0.4, -0.2) is 70.8 Å². The summed E-state index contributed by atoms with van der Waals surface area (Å²) in [5.74, 6) is -1.90. The maximum atomic E-state index is 9.10. The van der Waals surface area contributed by atoms with Crippen LogP contribution in [0.4, 0.5) is 0 Å². The van der Waals surface area contributed by atoms with Crippen LogP contribution in [0, 0.1) is 0 Å². The molecule has 1 aliphatic heterocycles. The quantitative estimate of drug-likeness (QED) is 0.617. The van der Waals surface area contributed by atoms with Crippen molar-refractivity contribution in [2.75, 3.05) is 32.8 Å². The maximum absolute atomic E-state index is 9.10. The Bertz CT molecular complexity index is 875. The van der Waals surface area contributed by atoms with Gasteiger partial charge in [-0.2, -0.15) is 0 Å². The van der Waals surface area contributed by atoms with E-state index in [1.165, 1.54) is 57.4 Å². The van der Waals surface area contributed by atoms with Gasteiger partial charge >= 0.3 is 11.9 Å². The Balaban J connectivity index is 0.000000481. The number of ether oxygens (including phenoxy) is 1. The van der Waals surface area contributed by atoms with Crippen molar-refractivity contribution in [2.45, 2.75) is 51.1 Å². The van der Waals surface area contributed by atoms with Crippen LogP contribution >= 0.6 is 0 Å². The van der Waals surface area contributed by atoms with E-state index in [0.717, 1.165) is 30.9 Å². The van der Waals surface area contributed by atoms with Crippen LogP contribution in [0.2, 0.25) is 0 Å². The molecule has 0 amide bonds. The van der Waals surface area contributed by atoms with Crippen molar-refractivity contribution in [1.82, 2.24) is 9.80 Å². The lowest BCUT2D eigenvalue weighted by atomic mass is 9.81. The van der Waals surface area contributed by atoms with Gasteiger partial charge in [-0.1, -0.05) is 42.5 Å². The highest BCUT2D eigenvalue weighted by Gasteiger charge is 2.28.